The quantitative estimate of drug-likeness (QED) is 0.816. The fraction of sp³-hybridized carbons (Fsp3) is 0.588. The molecule has 21 heavy (non-hydrogen) atoms. The predicted molar refractivity (Wildman–Crippen MR) is 86.4 cm³/mol. The number of carboxylic acids is 1. The Hall–Kier alpha value is -1.71. The Morgan fingerprint density at radius 3 is 2.43 bits per heavy atom. The third-order valence-corrected chi connectivity index (χ3v) is 4.41. The van der Waals surface area contributed by atoms with Crippen LogP contribution in [-0.2, 0) is 4.79 Å². The fourth-order valence-electron chi connectivity index (χ4n) is 3.62. The Bertz CT molecular complexity index is 479. The van der Waals surface area contributed by atoms with Gasteiger partial charge in [-0.2, -0.15) is 0 Å². The monoisotopic (exact) mass is 290 g/mol. The molecule has 2 unspecified atom stereocenters. The Labute approximate surface area is 126 Å². The van der Waals surface area contributed by atoms with E-state index in [1.807, 2.05) is 24.3 Å². The number of para-hydroxylation sites is 2. The molecule has 116 valence electrons. The van der Waals surface area contributed by atoms with Crippen molar-refractivity contribution in [2.45, 2.75) is 45.6 Å². The number of aliphatic carboxylic acids is 1. The van der Waals surface area contributed by atoms with E-state index in [0.29, 0.717) is 24.4 Å². The smallest absolute Gasteiger partial charge is 0.305 e. The van der Waals surface area contributed by atoms with Gasteiger partial charge < -0.3 is 15.7 Å². The number of nitrogens with two attached hydrogens (primary N) is 1. The molecule has 2 atom stereocenters. The van der Waals surface area contributed by atoms with Crippen molar-refractivity contribution >= 4 is 17.3 Å². The molecule has 0 bridgehead atoms. The lowest BCUT2D eigenvalue weighted by molar-refractivity contribution is -0.136. The molecule has 1 aliphatic rings. The van der Waals surface area contributed by atoms with E-state index in [9.17, 15) is 4.79 Å². The number of nitrogen functional groups attached to an aromatic ring is 1. The first-order chi connectivity index (χ1) is 9.97. The molecule has 1 fully saturated rings. The summed E-state index contributed by atoms with van der Waals surface area (Å²) in [6.45, 7) is 5.09. The van der Waals surface area contributed by atoms with Gasteiger partial charge in [-0.3, -0.25) is 4.79 Å². The van der Waals surface area contributed by atoms with Gasteiger partial charge in [0.15, 0.2) is 0 Å². The fourth-order valence-corrected chi connectivity index (χ4v) is 3.62. The van der Waals surface area contributed by atoms with Crippen LogP contribution in [0.5, 0.6) is 0 Å². The van der Waals surface area contributed by atoms with Crippen LogP contribution in [0, 0.1) is 11.8 Å². The molecular formula is C17H26N2O2. The van der Waals surface area contributed by atoms with Crippen molar-refractivity contribution in [3.8, 4) is 0 Å². The molecule has 1 saturated carbocycles. The van der Waals surface area contributed by atoms with Crippen LogP contribution in [0.15, 0.2) is 24.3 Å². The number of nitrogens with zero attached hydrogens (tertiary/aromatic N) is 1. The summed E-state index contributed by atoms with van der Waals surface area (Å²) >= 11 is 0. The Morgan fingerprint density at radius 2 is 1.86 bits per heavy atom. The standard InChI is InChI=1S/C17H26N2O2/c1-12-9-13(2)11-14(10-12)19(8-7-17(20)21)16-6-4-3-5-15(16)18/h3-6,12-14H,7-11,18H2,1-2H3,(H,20,21). The molecule has 4 nitrogen and oxygen atoms in total. The van der Waals surface area contributed by atoms with Gasteiger partial charge in [0.1, 0.15) is 0 Å². The van der Waals surface area contributed by atoms with E-state index in [1.165, 1.54) is 6.42 Å². The third kappa shape index (κ3) is 4.13. The van der Waals surface area contributed by atoms with Gasteiger partial charge in [0.2, 0.25) is 0 Å². The van der Waals surface area contributed by atoms with Gasteiger partial charge in [0.05, 0.1) is 17.8 Å². The second-order valence-electron chi connectivity index (χ2n) is 6.47. The number of carbonyl (C=O) groups is 1. The summed E-state index contributed by atoms with van der Waals surface area (Å²) < 4.78 is 0. The summed E-state index contributed by atoms with van der Waals surface area (Å²) in [5.74, 6) is 0.596. The van der Waals surface area contributed by atoms with Gasteiger partial charge in [0, 0.05) is 12.6 Å². The second-order valence-corrected chi connectivity index (χ2v) is 6.47. The van der Waals surface area contributed by atoms with Crippen LogP contribution in [0.2, 0.25) is 0 Å². The van der Waals surface area contributed by atoms with Crippen molar-refractivity contribution in [2.24, 2.45) is 11.8 Å². The summed E-state index contributed by atoms with van der Waals surface area (Å²) in [5.41, 5.74) is 7.82. The molecule has 0 amide bonds. The molecule has 0 spiro atoms. The van der Waals surface area contributed by atoms with E-state index in [-0.39, 0.29) is 6.42 Å². The molecule has 0 saturated heterocycles. The summed E-state index contributed by atoms with van der Waals surface area (Å²) in [6, 6.07) is 8.16. The van der Waals surface area contributed by atoms with Crippen LogP contribution in [-0.4, -0.2) is 23.7 Å². The van der Waals surface area contributed by atoms with Crippen LogP contribution in [0.25, 0.3) is 0 Å². The maximum atomic E-state index is 11.0. The molecule has 1 aromatic carbocycles. The first-order valence-corrected chi connectivity index (χ1v) is 7.80. The van der Waals surface area contributed by atoms with Crippen LogP contribution >= 0.6 is 0 Å². The minimum Gasteiger partial charge on any atom is -0.481 e. The Kier molecular flexibility index (Phi) is 5.10. The average molecular weight is 290 g/mol. The van der Waals surface area contributed by atoms with Crippen LogP contribution < -0.4 is 10.6 Å². The maximum Gasteiger partial charge on any atom is 0.305 e. The average Bonchev–Trinajstić information content (AvgIpc) is 2.39. The van der Waals surface area contributed by atoms with E-state index < -0.39 is 5.97 Å². The molecule has 0 aromatic heterocycles. The third-order valence-electron chi connectivity index (χ3n) is 4.41. The van der Waals surface area contributed by atoms with Gasteiger partial charge >= 0.3 is 5.97 Å². The SMILES string of the molecule is CC1CC(C)CC(N(CCC(=O)O)c2ccccc2N)C1. The summed E-state index contributed by atoms with van der Waals surface area (Å²) in [4.78, 5) is 13.2. The highest BCUT2D eigenvalue weighted by Crippen LogP contribution is 2.35. The van der Waals surface area contributed by atoms with Crippen molar-refractivity contribution in [1.82, 2.24) is 0 Å². The number of rotatable bonds is 5. The number of hydrogen-bond acceptors (Lipinski definition) is 3. The zero-order valence-electron chi connectivity index (χ0n) is 13.0. The van der Waals surface area contributed by atoms with Crippen LogP contribution in [0.1, 0.15) is 39.5 Å². The van der Waals surface area contributed by atoms with Crippen LogP contribution in [0.3, 0.4) is 0 Å². The molecule has 1 aliphatic carbocycles. The van der Waals surface area contributed by atoms with Crippen molar-refractivity contribution in [3.63, 3.8) is 0 Å². The molecular weight excluding hydrogens is 264 g/mol. The van der Waals surface area contributed by atoms with Gasteiger partial charge in [0.25, 0.3) is 0 Å². The van der Waals surface area contributed by atoms with E-state index in [0.717, 1.165) is 24.2 Å². The van der Waals surface area contributed by atoms with Gasteiger partial charge in [-0.05, 0) is 43.2 Å². The number of carboxylic acid groups (broad SMARTS) is 1. The van der Waals surface area contributed by atoms with Crippen molar-refractivity contribution < 1.29 is 9.90 Å². The van der Waals surface area contributed by atoms with Gasteiger partial charge in [-0.1, -0.05) is 26.0 Å². The van der Waals surface area contributed by atoms with Gasteiger partial charge in [-0.15, -0.1) is 0 Å². The maximum absolute atomic E-state index is 11.0. The minimum absolute atomic E-state index is 0.146. The molecule has 2 rings (SSSR count). The lowest BCUT2D eigenvalue weighted by atomic mass is 9.79. The van der Waals surface area contributed by atoms with Gasteiger partial charge in [-0.25, -0.2) is 0 Å². The molecule has 3 N–H and O–H groups in total. The second kappa shape index (κ2) is 6.83. The van der Waals surface area contributed by atoms with E-state index >= 15 is 0 Å². The molecule has 1 aromatic rings. The van der Waals surface area contributed by atoms with E-state index in [2.05, 4.69) is 18.7 Å². The summed E-state index contributed by atoms with van der Waals surface area (Å²) in [7, 11) is 0. The summed E-state index contributed by atoms with van der Waals surface area (Å²) in [6.07, 6.45) is 3.62. The highest BCUT2D eigenvalue weighted by Gasteiger charge is 2.29. The van der Waals surface area contributed by atoms with Crippen molar-refractivity contribution in [1.29, 1.82) is 0 Å². The first-order valence-electron chi connectivity index (χ1n) is 7.80. The molecule has 4 heteroatoms. The Morgan fingerprint density at radius 1 is 1.24 bits per heavy atom. The van der Waals surface area contributed by atoms with Crippen molar-refractivity contribution in [3.05, 3.63) is 24.3 Å². The zero-order chi connectivity index (χ0) is 15.4. The first kappa shape index (κ1) is 15.7. The molecule has 0 heterocycles. The predicted octanol–water partition coefficient (Wildman–Crippen LogP) is 3.37. The summed E-state index contributed by atoms with van der Waals surface area (Å²) in [5, 5.41) is 9.02. The lowest BCUT2D eigenvalue weighted by Gasteiger charge is -2.41. The Balaban J connectivity index is 2.23. The minimum atomic E-state index is -0.758. The van der Waals surface area contributed by atoms with Crippen LogP contribution in [0.4, 0.5) is 11.4 Å². The normalized spacial score (nSPS) is 25.5. The lowest BCUT2D eigenvalue weighted by Crippen LogP contribution is -2.42. The van der Waals surface area contributed by atoms with E-state index in [1.54, 1.807) is 0 Å². The number of anilines is 2. The number of hydrogen-bond donors (Lipinski definition) is 2. The largest absolute Gasteiger partial charge is 0.481 e. The highest BCUT2D eigenvalue weighted by atomic mass is 16.4. The molecule has 0 radical (unpaired) electrons. The number of benzene rings is 1. The topological polar surface area (TPSA) is 66.6 Å². The van der Waals surface area contributed by atoms with E-state index in [4.69, 9.17) is 10.8 Å². The highest BCUT2D eigenvalue weighted by molar-refractivity contribution is 5.71. The van der Waals surface area contributed by atoms with Crippen molar-refractivity contribution in [2.75, 3.05) is 17.2 Å². The zero-order valence-corrected chi connectivity index (χ0v) is 13.0. The molecule has 0 aliphatic heterocycles.